The maximum Gasteiger partial charge on any atom is 0.387 e. The van der Waals surface area contributed by atoms with Crippen LogP contribution in [0, 0.1) is 0 Å². The molecule has 0 N–H and O–H groups in total. The van der Waals surface area contributed by atoms with Gasteiger partial charge in [-0.1, -0.05) is 0 Å². The molecule has 2 heterocycles. The van der Waals surface area contributed by atoms with Crippen LogP contribution >= 0.6 is 0 Å². The molecule has 0 spiro atoms. The number of aromatic nitrogens is 1. The molecule has 1 aromatic carbocycles. The topological polar surface area (TPSA) is 51.7 Å². The molecule has 0 bridgehead atoms. The molecule has 0 aliphatic carbocycles. The lowest BCUT2D eigenvalue weighted by Gasteiger charge is -2.25. The highest BCUT2D eigenvalue weighted by Crippen LogP contribution is 2.35. The Morgan fingerprint density at radius 3 is 2.68 bits per heavy atom. The van der Waals surface area contributed by atoms with Crippen molar-refractivity contribution < 1.29 is 23.0 Å². The van der Waals surface area contributed by atoms with Gasteiger partial charge in [-0.3, -0.25) is 9.78 Å². The zero-order chi connectivity index (χ0) is 17.8. The van der Waals surface area contributed by atoms with E-state index in [1.165, 1.54) is 19.2 Å². The van der Waals surface area contributed by atoms with Gasteiger partial charge in [-0.15, -0.1) is 0 Å². The van der Waals surface area contributed by atoms with Crippen LogP contribution in [-0.4, -0.2) is 36.1 Å². The van der Waals surface area contributed by atoms with Gasteiger partial charge in [0.05, 0.1) is 13.2 Å². The lowest BCUT2D eigenvalue weighted by molar-refractivity contribution is -0.0512. The van der Waals surface area contributed by atoms with Crippen molar-refractivity contribution in [2.45, 2.75) is 25.5 Å². The molecule has 1 unspecified atom stereocenters. The lowest BCUT2D eigenvalue weighted by atomic mass is 10.1. The number of likely N-dealkylation sites (tertiary alicyclic amines) is 1. The van der Waals surface area contributed by atoms with Gasteiger partial charge in [0.2, 0.25) is 0 Å². The molecule has 1 saturated heterocycles. The third-order valence-electron chi connectivity index (χ3n) is 4.23. The van der Waals surface area contributed by atoms with Gasteiger partial charge < -0.3 is 14.4 Å². The fourth-order valence-electron chi connectivity index (χ4n) is 3.11. The molecule has 1 aliphatic rings. The van der Waals surface area contributed by atoms with E-state index < -0.39 is 6.61 Å². The molecule has 7 heteroatoms. The van der Waals surface area contributed by atoms with Crippen LogP contribution in [0.4, 0.5) is 8.78 Å². The number of alkyl halides is 2. The number of hydrogen-bond donors (Lipinski definition) is 0. The molecular weight excluding hydrogens is 330 g/mol. The first-order valence-electron chi connectivity index (χ1n) is 7.94. The number of pyridine rings is 1. The Balaban J connectivity index is 1.87. The molecule has 1 fully saturated rings. The minimum atomic E-state index is -2.99. The van der Waals surface area contributed by atoms with Crippen molar-refractivity contribution in [2.24, 2.45) is 0 Å². The first-order chi connectivity index (χ1) is 12.1. The van der Waals surface area contributed by atoms with Gasteiger partial charge in [-0.2, -0.15) is 8.78 Å². The highest BCUT2D eigenvalue weighted by molar-refractivity contribution is 5.95. The highest BCUT2D eigenvalue weighted by Gasteiger charge is 2.31. The Kier molecular flexibility index (Phi) is 5.11. The summed E-state index contributed by atoms with van der Waals surface area (Å²) in [6.45, 7) is -2.38. The van der Waals surface area contributed by atoms with Gasteiger partial charge in [-0.25, -0.2) is 0 Å². The Bertz CT molecular complexity index is 740. The van der Waals surface area contributed by atoms with Crippen LogP contribution < -0.4 is 9.47 Å². The first-order valence-corrected chi connectivity index (χ1v) is 7.94. The van der Waals surface area contributed by atoms with E-state index in [0.717, 1.165) is 18.4 Å². The van der Waals surface area contributed by atoms with Crippen molar-refractivity contribution in [3.05, 3.63) is 53.9 Å². The fraction of sp³-hybridized carbons (Fsp3) is 0.333. The van der Waals surface area contributed by atoms with E-state index in [4.69, 9.17) is 4.74 Å². The monoisotopic (exact) mass is 348 g/mol. The van der Waals surface area contributed by atoms with Gasteiger partial charge in [0.15, 0.2) is 11.5 Å². The van der Waals surface area contributed by atoms with E-state index in [9.17, 15) is 13.6 Å². The summed E-state index contributed by atoms with van der Waals surface area (Å²) in [5, 5.41) is 0. The van der Waals surface area contributed by atoms with Gasteiger partial charge in [0.1, 0.15) is 0 Å². The normalized spacial score (nSPS) is 17.0. The summed E-state index contributed by atoms with van der Waals surface area (Å²) >= 11 is 0. The number of benzene rings is 1. The zero-order valence-electron chi connectivity index (χ0n) is 13.7. The van der Waals surface area contributed by atoms with Crippen LogP contribution in [0.3, 0.4) is 0 Å². The zero-order valence-corrected chi connectivity index (χ0v) is 13.7. The largest absolute Gasteiger partial charge is 0.493 e. The molecule has 1 aliphatic heterocycles. The molecule has 1 aromatic heterocycles. The van der Waals surface area contributed by atoms with E-state index in [1.54, 1.807) is 23.4 Å². The van der Waals surface area contributed by atoms with Crippen molar-refractivity contribution in [3.63, 3.8) is 0 Å². The molecule has 0 saturated carbocycles. The van der Waals surface area contributed by atoms with Crippen LogP contribution in [0.2, 0.25) is 0 Å². The first kappa shape index (κ1) is 17.1. The predicted octanol–water partition coefficient (Wildman–Crippen LogP) is 3.67. The Morgan fingerprint density at radius 1 is 1.24 bits per heavy atom. The van der Waals surface area contributed by atoms with Crippen molar-refractivity contribution >= 4 is 5.91 Å². The van der Waals surface area contributed by atoms with Gasteiger partial charge in [0, 0.05) is 24.5 Å². The standard InChI is InChI=1S/C18H18F2N2O3/c1-24-15-5-4-13(11-16(15)25-18(19)20)17(23)22-10-2-3-14(22)12-6-8-21-9-7-12/h4-9,11,14,18H,2-3,10H2,1H3. The summed E-state index contributed by atoms with van der Waals surface area (Å²) in [6, 6.07) is 8.04. The number of carbonyl (C=O) groups is 1. The number of carbonyl (C=O) groups excluding carboxylic acids is 1. The Hall–Kier alpha value is -2.70. The van der Waals surface area contributed by atoms with Crippen LogP contribution in [0.1, 0.15) is 34.8 Å². The van der Waals surface area contributed by atoms with Gasteiger partial charge in [-0.05, 0) is 48.7 Å². The second-order valence-corrected chi connectivity index (χ2v) is 5.68. The van der Waals surface area contributed by atoms with Gasteiger partial charge >= 0.3 is 6.61 Å². The average Bonchev–Trinajstić information content (AvgIpc) is 3.11. The van der Waals surface area contributed by atoms with E-state index in [-0.39, 0.29) is 29.0 Å². The maximum absolute atomic E-state index is 12.9. The number of rotatable bonds is 5. The summed E-state index contributed by atoms with van der Waals surface area (Å²) in [5.74, 6) is -0.215. The predicted molar refractivity (Wildman–Crippen MR) is 86.9 cm³/mol. The van der Waals surface area contributed by atoms with Crippen molar-refractivity contribution in [1.29, 1.82) is 0 Å². The van der Waals surface area contributed by atoms with Crippen LogP contribution in [0.5, 0.6) is 11.5 Å². The second-order valence-electron chi connectivity index (χ2n) is 5.68. The van der Waals surface area contributed by atoms with Crippen LogP contribution in [0.15, 0.2) is 42.7 Å². The van der Waals surface area contributed by atoms with Crippen molar-refractivity contribution in [3.8, 4) is 11.5 Å². The van der Waals surface area contributed by atoms with Crippen LogP contribution in [0.25, 0.3) is 0 Å². The molecule has 3 rings (SSSR count). The van der Waals surface area contributed by atoms with Crippen LogP contribution in [-0.2, 0) is 0 Å². The number of hydrogen-bond acceptors (Lipinski definition) is 4. The molecular formula is C18H18F2N2O3. The van der Waals surface area contributed by atoms with Crippen molar-refractivity contribution in [1.82, 2.24) is 9.88 Å². The number of methoxy groups -OCH3 is 1. The number of amides is 1. The minimum Gasteiger partial charge on any atom is -0.493 e. The minimum absolute atomic E-state index is 0.0444. The van der Waals surface area contributed by atoms with E-state index in [0.29, 0.717) is 6.54 Å². The number of ether oxygens (including phenoxy) is 2. The summed E-state index contributed by atoms with van der Waals surface area (Å²) in [6.07, 6.45) is 5.12. The third kappa shape index (κ3) is 3.70. The average molecular weight is 348 g/mol. The molecule has 132 valence electrons. The summed E-state index contributed by atoms with van der Waals surface area (Å²) < 4.78 is 34.6. The molecule has 25 heavy (non-hydrogen) atoms. The van der Waals surface area contributed by atoms with Gasteiger partial charge in [0.25, 0.3) is 5.91 Å². The Labute approximate surface area is 144 Å². The highest BCUT2D eigenvalue weighted by atomic mass is 19.3. The fourth-order valence-corrected chi connectivity index (χ4v) is 3.11. The number of halogens is 2. The van der Waals surface area contributed by atoms with E-state index >= 15 is 0 Å². The molecule has 1 atom stereocenters. The van der Waals surface area contributed by atoms with E-state index in [1.807, 2.05) is 12.1 Å². The molecule has 5 nitrogen and oxygen atoms in total. The van der Waals surface area contributed by atoms with Crippen molar-refractivity contribution in [2.75, 3.05) is 13.7 Å². The quantitative estimate of drug-likeness (QED) is 0.827. The second kappa shape index (κ2) is 7.46. The third-order valence-corrected chi connectivity index (χ3v) is 4.23. The smallest absolute Gasteiger partial charge is 0.387 e. The molecule has 0 radical (unpaired) electrons. The SMILES string of the molecule is COc1ccc(C(=O)N2CCCC2c2ccncc2)cc1OC(F)F. The molecule has 1 amide bonds. The lowest BCUT2D eigenvalue weighted by Crippen LogP contribution is -2.30. The van der Waals surface area contributed by atoms with E-state index in [2.05, 4.69) is 9.72 Å². The summed E-state index contributed by atoms with van der Waals surface area (Å²) in [7, 11) is 1.36. The Morgan fingerprint density at radius 2 is 2.00 bits per heavy atom. The molecule has 2 aromatic rings. The maximum atomic E-state index is 12.9. The summed E-state index contributed by atoms with van der Waals surface area (Å²) in [5.41, 5.74) is 1.30. The number of nitrogens with zero attached hydrogens (tertiary/aromatic N) is 2. The summed E-state index contributed by atoms with van der Waals surface area (Å²) in [4.78, 5) is 18.6.